The number of methoxy groups -OCH3 is 1. The smallest absolute Gasteiger partial charge is 0.337 e. The first-order valence-corrected chi connectivity index (χ1v) is 7.17. The molecule has 1 heterocycles. The van der Waals surface area contributed by atoms with Crippen LogP contribution in [0.4, 0.5) is 5.69 Å². The van der Waals surface area contributed by atoms with E-state index in [2.05, 4.69) is 14.9 Å². The Bertz CT molecular complexity index is 632. The third kappa shape index (κ3) is 3.42. The van der Waals surface area contributed by atoms with E-state index in [4.69, 9.17) is 4.74 Å². The molecule has 1 saturated carbocycles. The first kappa shape index (κ1) is 13.7. The van der Waals surface area contributed by atoms with Crippen molar-refractivity contribution < 1.29 is 9.53 Å². The summed E-state index contributed by atoms with van der Waals surface area (Å²) in [6.07, 6.45) is 6.43. The molecule has 0 aliphatic heterocycles. The summed E-state index contributed by atoms with van der Waals surface area (Å²) in [7, 11) is 1.39. The molecule has 0 amide bonds. The van der Waals surface area contributed by atoms with Gasteiger partial charge in [0, 0.05) is 18.4 Å². The Hall–Kier alpha value is -2.30. The van der Waals surface area contributed by atoms with Crippen LogP contribution in [0.3, 0.4) is 0 Å². The summed E-state index contributed by atoms with van der Waals surface area (Å²) in [6.45, 7) is 1.75. The number of anilines is 1. The van der Waals surface area contributed by atoms with Crippen LogP contribution in [-0.4, -0.2) is 22.6 Å². The van der Waals surface area contributed by atoms with Crippen LogP contribution in [0.2, 0.25) is 0 Å². The van der Waals surface area contributed by atoms with Gasteiger partial charge in [-0.05, 0) is 37.0 Å². The van der Waals surface area contributed by atoms with Crippen LogP contribution < -0.4 is 5.32 Å². The number of nitrogens with zero attached hydrogens (tertiary/aromatic N) is 2. The van der Waals surface area contributed by atoms with Gasteiger partial charge >= 0.3 is 5.97 Å². The molecule has 1 aromatic heterocycles. The Kier molecular flexibility index (Phi) is 3.90. The van der Waals surface area contributed by atoms with Crippen molar-refractivity contribution in [2.75, 3.05) is 12.4 Å². The Morgan fingerprint density at radius 1 is 1.48 bits per heavy atom. The largest absolute Gasteiger partial charge is 0.465 e. The van der Waals surface area contributed by atoms with Gasteiger partial charge in [0.25, 0.3) is 0 Å². The molecule has 5 nitrogen and oxygen atoms in total. The monoisotopic (exact) mass is 285 g/mol. The fraction of sp³-hybridized carbons (Fsp3) is 0.375. The van der Waals surface area contributed by atoms with Gasteiger partial charge in [-0.2, -0.15) is 0 Å². The highest BCUT2D eigenvalue weighted by molar-refractivity contribution is 5.90. The lowest BCUT2D eigenvalue weighted by Crippen LogP contribution is -2.09. The first-order chi connectivity index (χ1) is 10.3. The van der Waals surface area contributed by atoms with E-state index in [-0.39, 0.29) is 5.97 Å². The van der Waals surface area contributed by atoms with Crippen molar-refractivity contribution >= 4 is 11.7 Å². The third-order valence-electron chi connectivity index (χ3n) is 3.71. The highest BCUT2D eigenvalue weighted by Gasteiger charge is 2.22. The SMILES string of the molecule is COC(=O)c1cccc(NCc2cncn2CC2CC2)c1. The van der Waals surface area contributed by atoms with Crippen molar-refractivity contribution in [1.82, 2.24) is 9.55 Å². The molecule has 0 bridgehead atoms. The Morgan fingerprint density at radius 2 is 2.33 bits per heavy atom. The quantitative estimate of drug-likeness (QED) is 0.829. The number of carbonyl (C=O) groups excluding carboxylic acids is 1. The van der Waals surface area contributed by atoms with Crippen molar-refractivity contribution in [3.05, 3.63) is 48.0 Å². The highest BCUT2D eigenvalue weighted by atomic mass is 16.5. The molecule has 1 aliphatic carbocycles. The van der Waals surface area contributed by atoms with Gasteiger partial charge in [0.2, 0.25) is 0 Å². The molecule has 3 rings (SSSR count). The summed E-state index contributed by atoms with van der Waals surface area (Å²) in [6, 6.07) is 7.33. The second-order valence-electron chi connectivity index (χ2n) is 5.41. The van der Waals surface area contributed by atoms with Crippen LogP contribution in [0.1, 0.15) is 28.9 Å². The van der Waals surface area contributed by atoms with Crippen molar-refractivity contribution in [3.8, 4) is 0 Å². The molecule has 0 unspecified atom stereocenters. The lowest BCUT2D eigenvalue weighted by molar-refractivity contribution is 0.0601. The fourth-order valence-corrected chi connectivity index (χ4v) is 2.30. The minimum Gasteiger partial charge on any atom is -0.465 e. The summed E-state index contributed by atoms with van der Waals surface area (Å²) >= 11 is 0. The summed E-state index contributed by atoms with van der Waals surface area (Å²) < 4.78 is 6.93. The van der Waals surface area contributed by atoms with Crippen molar-refractivity contribution in [1.29, 1.82) is 0 Å². The minimum atomic E-state index is -0.322. The number of benzene rings is 1. The Morgan fingerprint density at radius 3 is 3.10 bits per heavy atom. The van der Waals surface area contributed by atoms with Gasteiger partial charge in [0.05, 0.1) is 31.2 Å². The number of esters is 1. The number of ether oxygens (including phenoxy) is 1. The van der Waals surface area contributed by atoms with Crippen LogP contribution in [0.5, 0.6) is 0 Å². The number of aromatic nitrogens is 2. The maximum atomic E-state index is 11.5. The maximum absolute atomic E-state index is 11.5. The molecule has 1 aliphatic rings. The second kappa shape index (κ2) is 5.99. The highest BCUT2D eigenvalue weighted by Crippen LogP contribution is 2.30. The third-order valence-corrected chi connectivity index (χ3v) is 3.71. The van der Waals surface area contributed by atoms with Gasteiger partial charge in [-0.15, -0.1) is 0 Å². The van der Waals surface area contributed by atoms with Crippen LogP contribution in [-0.2, 0) is 17.8 Å². The standard InChI is InChI=1S/C16H19N3O2/c1-21-16(20)13-3-2-4-14(7-13)18-9-15-8-17-11-19(15)10-12-5-6-12/h2-4,7-8,11-12,18H,5-6,9-10H2,1H3. The van der Waals surface area contributed by atoms with Crippen LogP contribution in [0, 0.1) is 5.92 Å². The van der Waals surface area contributed by atoms with Gasteiger partial charge in [-0.1, -0.05) is 6.07 Å². The predicted molar refractivity (Wildman–Crippen MR) is 80.1 cm³/mol. The van der Waals surface area contributed by atoms with E-state index in [1.54, 1.807) is 12.1 Å². The molecule has 1 fully saturated rings. The average molecular weight is 285 g/mol. The average Bonchev–Trinajstić information content (AvgIpc) is 3.22. The van der Waals surface area contributed by atoms with E-state index in [1.165, 1.54) is 20.0 Å². The molecular weight excluding hydrogens is 266 g/mol. The van der Waals surface area contributed by atoms with Crippen molar-refractivity contribution in [2.45, 2.75) is 25.9 Å². The summed E-state index contributed by atoms with van der Waals surface area (Å²) in [5.74, 6) is 0.498. The van der Waals surface area contributed by atoms with Gasteiger partial charge < -0.3 is 14.6 Å². The number of imidazole rings is 1. The molecule has 1 aromatic carbocycles. The summed E-state index contributed by atoms with van der Waals surface area (Å²) in [5.41, 5.74) is 2.61. The van der Waals surface area contributed by atoms with Gasteiger partial charge in [-0.3, -0.25) is 0 Å². The second-order valence-corrected chi connectivity index (χ2v) is 5.41. The van der Waals surface area contributed by atoms with Crippen LogP contribution in [0.25, 0.3) is 0 Å². The topological polar surface area (TPSA) is 56.1 Å². The van der Waals surface area contributed by atoms with Gasteiger partial charge in [0.15, 0.2) is 0 Å². The van der Waals surface area contributed by atoms with E-state index in [0.717, 1.165) is 23.8 Å². The van der Waals surface area contributed by atoms with E-state index in [1.807, 2.05) is 24.7 Å². The molecule has 0 atom stereocenters. The molecule has 21 heavy (non-hydrogen) atoms. The number of nitrogens with one attached hydrogen (secondary N) is 1. The molecule has 0 saturated heterocycles. The zero-order chi connectivity index (χ0) is 14.7. The number of hydrogen-bond donors (Lipinski definition) is 1. The van der Waals surface area contributed by atoms with E-state index < -0.39 is 0 Å². The first-order valence-electron chi connectivity index (χ1n) is 7.17. The zero-order valence-corrected chi connectivity index (χ0v) is 12.1. The number of rotatable bonds is 6. The van der Waals surface area contributed by atoms with Gasteiger partial charge in [-0.25, -0.2) is 9.78 Å². The lowest BCUT2D eigenvalue weighted by atomic mass is 10.2. The molecule has 5 heteroatoms. The molecule has 0 spiro atoms. The normalized spacial score (nSPS) is 14.0. The molecule has 2 aromatic rings. The molecule has 110 valence electrons. The van der Waals surface area contributed by atoms with E-state index >= 15 is 0 Å². The number of hydrogen-bond acceptors (Lipinski definition) is 4. The Labute approximate surface area is 124 Å². The van der Waals surface area contributed by atoms with Crippen molar-refractivity contribution in [3.63, 3.8) is 0 Å². The molecule has 1 N–H and O–H groups in total. The lowest BCUT2D eigenvalue weighted by Gasteiger charge is -2.10. The minimum absolute atomic E-state index is 0.322. The van der Waals surface area contributed by atoms with Gasteiger partial charge in [0.1, 0.15) is 0 Å². The fourth-order valence-electron chi connectivity index (χ4n) is 2.30. The molecule has 0 radical (unpaired) electrons. The zero-order valence-electron chi connectivity index (χ0n) is 12.1. The van der Waals surface area contributed by atoms with E-state index in [9.17, 15) is 4.79 Å². The summed E-state index contributed by atoms with van der Waals surface area (Å²) in [4.78, 5) is 15.7. The predicted octanol–water partition coefficient (Wildman–Crippen LogP) is 2.69. The van der Waals surface area contributed by atoms with Crippen LogP contribution >= 0.6 is 0 Å². The molecular formula is C16H19N3O2. The maximum Gasteiger partial charge on any atom is 0.337 e. The van der Waals surface area contributed by atoms with E-state index in [0.29, 0.717) is 12.1 Å². The van der Waals surface area contributed by atoms with Crippen LogP contribution in [0.15, 0.2) is 36.8 Å². The summed E-state index contributed by atoms with van der Waals surface area (Å²) in [5, 5.41) is 3.33. The number of carbonyl (C=O) groups is 1. The Balaban J connectivity index is 1.64. The van der Waals surface area contributed by atoms with Crippen molar-refractivity contribution in [2.24, 2.45) is 5.92 Å².